The number of halogens is 1. The van der Waals surface area contributed by atoms with Crippen molar-refractivity contribution in [3.63, 3.8) is 0 Å². The van der Waals surface area contributed by atoms with E-state index >= 15 is 0 Å². The summed E-state index contributed by atoms with van der Waals surface area (Å²) in [5, 5.41) is 0. The summed E-state index contributed by atoms with van der Waals surface area (Å²) in [6.07, 6.45) is 0.934. The molecule has 0 saturated heterocycles. The third-order valence-corrected chi connectivity index (χ3v) is 5.85. The Morgan fingerprint density at radius 3 is 2.22 bits per heavy atom. The van der Waals surface area contributed by atoms with Crippen molar-refractivity contribution < 1.29 is 25.4 Å². The molecule has 0 aliphatic rings. The summed E-state index contributed by atoms with van der Waals surface area (Å²) in [5.41, 5.74) is 0.572. The van der Waals surface area contributed by atoms with E-state index in [1.807, 2.05) is 13.8 Å². The molecule has 9 heteroatoms. The Hall–Kier alpha value is -1.97. The van der Waals surface area contributed by atoms with Crippen LogP contribution >= 0.6 is 0 Å². The maximum atomic E-state index is 13.1. The lowest BCUT2D eigenvalue weighted by Gasteiger charge is -2.24. The third-order valence-electron chi connectivity index (χ3n) is 3.53. The first-order valence-corrected chi connectivity index (χ1v) is 11.5. The maximum absolute atomic E-state index is 13.1. The Morgan fingerprint density at radius 1 is 1.04 bits per heavy atom. The van der Waals surface area contributed by atoms with Crippen molar-refractivity contribution in [1.29, 1.82) is 0 Å². The van der Waals surface area contributed by atoms with Gasteiger partial charge in [-0.1, -0.05) is 26.0 Å². The molecule has 2 rings (SSSR count). The van der Waals surface area contributed by atoms with E-state index in [0.29, 0.717) is 5.56 Å². The van der Waals surface area contributed by atoms with E-state index in [0.717, 1.165) is 18.4 Å². The molecule has 0 aromatic heterocycles. The second-order valence-corrected chi connectivity index (χ2v) is 10.1. The molecule has 2 aromatic rings. The van der Waals surface area contributed by atoms with Gasteiger partial charge in [-0.05, 0) is 47.9 Å². The van der Waals surface area contributed by atoms with E-state index in [1.165, 1.54) is 28.6 Å². The molecule has 0 bridgehead atoms. The summed E-state index contributed by atoms with van der Waals surface area (Å²) in [4.78, 5) is -0.00640. The Morgan fingerprint density at radius 2 is 1.67 bits per heavy atom. The quantitative estimate of drug-likeness (QED) is 0.619. The molecule has 0 unspecified atom stereocenters. The summed E-state index contributed by atoms with van der Waals surface area (Å²) in [6, 6.07) is 10.9. The zero-order valence-electron chi connectivity index (χ0n) is 15.3. The monoisotopic (exact) mass is 415 g/mol. The number of sulfonamides is 1. The predicted octanol–water partition coefficient (Wildman–Crippen LogP) is 3.01. The number of benzene rings is 2. The van der Waals surface area contributed by atoms with E-state index in [1.54, 1.807) is 12.1 Å². The summed E-state index contributed by atoms with van der Waals surface area (Å²) >= 11 is 0. The highest BCUT2D eigenvalue weighted by atomic mass is 32.2. The summed E-state index contributed by atoms with van der Waals surface area (Å²) in [6.45, 7) is 4.04. The van der Waals surface area contributed by atoms with Gasteiger partial charge in [0.25, 0.3) is 0 Å². The lowest BCUT2D eigenvalue weighted by atomic mass is 10.2. The Labute approximate surface area is 159 Å². The van der Waals surface area contributed by atoms with Crippen LogP contribution in [0.4, 0.5) is 4.39 Å². The van der Waals surface area contributed by atoms with Gasteiger partial charge in [-0.15, -0.1) is 0 Å². The summed E-state index contributed by atoms with van der Waals surface area (Å²) in [7, 11) is -7.54. The first-order chi connectivity index (χ1) is 12.5. The van der Waals surface area contributed by atoms with Gasteiger partial charge >= 0.3 is 10.1 Å². The van der Waals surface area contributed by atoms with Crippen molar-refractivity contribution in [2.45, 2.75) is 25.3 Å². The zero-order chi connectivity index (χ0) is 20.2. The highest BCUT2D eigenvalue weighted by Crippen LogP contribution is 2.22. The van der Waals surface area contributed by atoms with Crippen molar-refractivity contribution >= 4 is 20.1 Å². The fourth-order valence-electron chi connectivity index (χ4n) is 2.48. The molecule has 0 amide bonds. The zero-order valence-corrected chi connectivity index (χ0v) is 16.9. The Balaban J connectivity index is 2.34. The molecule has 0 fully saturated rings. The van der Waals surface area contributed by atoms with E-state index in [-0.39, 0.29) is 29.7 Å². The van der Waals surface area contributed by atoms with Crippen LogP contribution < -0.4 is 4.18 Å². The molecule has 0 radical (unpaired) electrons. The van der Waals surface area contributed by atoms with Gasteiger partial charge < -0.3 is 4.18 Å². The molecule has 0 heterocycles. The van der Waals surface area contributed by atoms with E-state index < -0.39 is 26.0 Å². The standard InChI is InChI=1S/C18H22FNO5S2/c1-14(2)12-20(27(23,24)18-9-7-16(19)8-10-18)13-15-5-4-6-17(11-15)25-26(3,21)22/h4-11,14H,12-13H2,1-3H3. The second-order valence-electron chi connectivity index (χ2n) is 6.58. The topological polar surface area (TPSA) is 80.8 Å². The van der Waals surface area contributed by atoms with Crippen molar-refractivity contribution in [2.24, 2.45) is 5.92 Å². The summed E-state index contributed by atoms with van der Waals surface area (Å²) in [5.74, 6) is -0.357. The minimum atomic E-state index is -3.85. The molecular weight excluding hydrogens is 393 g/mol. The first-order valence-electron chi connectivity index (χ1n) is 8.21. The van der Waals surface area contributed by atoms with Gasteiger partial charge in [0.15, 0.2) is 0 Å². The maximum Gasteiger partial charge on any atom is 0.306 e. The third kappa shape index (κ3) is 6.30. The molecule has 148 valence electrons. The highest BCUT2D eigenvalue weighted by Gasteiger charge is 2.25. The first kappa shape index (κ1) is 21.3. The van der Waals surface area contributed by atoms with Crippen LogP contribution in [0.3, 0.4) is 0 Å². The van der Waals surface area contributed by atoms with Crippen LogP contribution in [-0.2, 0) is 26.7 Å². The minimum Gasteiger partial charge on any atom is -0.383 e. The molecule has 27 heavy (non-hydrogen) atoms. The lowest BCUT2D eigenvalue weighted by Crippen LogP contribution is -2.33. The smallest absolute Gasteiger partial charge is 0.306 e. The number of hydrogen-bond donors (Lipinski definition) is 0. The van der Waals surface area contributed by atoms with Gasteiger partial charge in [0.05, 0.1) is 11.2 Å². The van der Waals surface area contributed by atoms with Crippen molar-refractivity contribution in [3.8, 4) is 5.75 Å². The number of hydrogen-bond acceptors (Lipinski definition) is 5. The molecular formula is C18H22FNO5S2. The molecule has 6 nitrogen and oxygen atoms in total. The minimum absolute atomic E-state index is 0.00640. The van der Waals surface area contributed by atoms with Crippen molar-refractivity contribution in [3.05, 3.63) is 59.9 Å². The van der Waals surface area contributed by atoms with Crippen LogP contribution in [0.5, 0.6) is 5.75 Å². The second kappa shape index (κ2) is 8.37. The SMILES string of the molecule is CC(C)CN(Cc1cccc(OS(C)(=O)=O)c1)S(=O)(=O)c1ccc(F)cc1. The van der Waals surface area contributed by atoms with E-state index in [9.17, 15) is 21.2 Å². The summed E-state index contributed by atoms with van der Waals surface area (Å²) < 4.78 is 67.8. The van der Waals surface area contributed by atoms with Gasteiger partial charge in [-0.25, -0.2) is 12.8 Å². The molecule has 0 saturated carbocycles. The van der Waals surface area contributed by atoms with Crippen LogP contribution in [0.25, 0.3) is 0 Å². The van der Waals surface area contributed by atoms with Crippen molar-refractivity contribution in [2.75, 3.05) is 12.8 Å². The van der Waals surface area contributed by atoms with Crippen LogP contribution in [0.1, 0.15) is 19.4 Å². The van der Waals surface area contributed by atoms with Gasteiger partial charge in [-0.2, -0.15) is 12.7 Å². The highest BCUT2D eigenvalue weighted by molar-refractivity contribution is 7.89. The lowest BCUT2D eigenvalue weighted by molar-refractivity contribution is 0.361. The fraction of sp³-hybridized carbons (Fsp3) is 0.333. The number of rotatable bonds is 8. The Bertz CT molecular complexity index is 987. The Kier molecular flexibility index (Phi) is 6.61. The molecule has 0 atom stereocenters. The average molecular weight is 416 g/mol. The molecule has 0 spiro atoms. The molecule has 0 aliphatic heterocycles. The molecule has 2 aromatic carbocycles. The van der Waals surface area contributed by atoms with Gasteiger partial charge in [0, 0.05) is 13.1 Å². The van der Waals surface area contributed by atoms with E-state index in [2.05, 4.69) is 0 Å². The van der Waals surface area contributed by atoms with Gasteiger partial charge in [-0.3, -0.25) is 0 Å². The van der Waals surface area contributed by atoms with Crippen LogP contribution in [0.15, 0.2) is 53.4 Å². The van der Waals surface area contributed by atoms with Crippen LogP contribution in [0.2, 0.25) is 0 Å². The average Bonchev–Trinajstić information content (AvgIpc) is 2.53. The van der Waals surface area contributed by atoms with Crippen molar-refractivity contribution in [1.82, 2.24) is 4.31 Å². The van der Waals surface area contributed by atoms with Gasteiger partial charge in [0.2, 0.25) is 10.0 Å². The fourth-order valence-corrected chi connectivity index (χ4v) is 4.53. The molecule has 0 N–H and O–H groups in total. The molecule has 0 aliphatic carbocycles. The largest absolute Gasteiger partial charge is 0.383 e. The van der Waals surface area contributed by atoms with Gasteiger partial charge in [0.1, 0.15) is 11.6 Å². The normalized spacial score (nSPS) is 12.5. The van der Waals surface area contributed by atoms with Crippen LogP contribution in [0, 0.1) is 11.7 Å². The van der Waals surface area contributed by atoms with E-state index in [4.69, 9.17) is 4.18 Å². The number of nitrogens with zero attached hydrogens (tertiary/aromatic N) is 1. The predicted molar refractivity (Wildman–Crippen MR) is 101 cm³/mol. The van der Waals surface area contributed by atoms with Crippen LogP contribution in [-0.4, -0.2) is 33.9 Å².